The highest BCUT2D eigenvalue weighted by Crippen LogP contribution is 2.33. The molecule has 4 aromatic rings. The standard InChI is InChI=1S/C21H22FN5S/c1-13-18-19(16-3-2-15(22)12-17(16)25-13)27(10-6-14-4-7-23-8-5-14)20(26-18)21-24-9-11-28-21/h2-3,9,11-12,14,23H,4-8,10H2,1H3. The quantitative estimate of drug-likeness (QED) is 0.551. The Balaban J connectivity index is 1.69. The third kappa shape index (κ3) is 3.08. The zero-order valence-electron chi connectivity index (χ0n) is 15.8. The number of thiazole rings is 1. The Morgan fingerprint density at radius 2 is 2.11 bits per heavy atom. The van der Waals surface area contributed by atoms with Gasteiger partial charge < -0.3 is 9.88 Å². The van der Waals surface area contributed by atoms with E-state index < -0.39 is 0 Å². The maximum absolute atomic E-state index is 13.8. The average Bonchev–Trinajstić information content (AvgIpc) is 3.35. The van der Waals surface area contributed by atoms with Crippen LogP contribution in [-0.4, -0.2) is 32.6 Å². The first kappa shape index (κ1) is 17.7. The summed E-state index contributed by atoms with van der Waals surface area (Å²) in [5, 5.41) is 7.27. The van der Waals surface area contributed by atoms with Crippen LogP contribution in [0.2, 0.25) is 0 Å². The van der Waals surface area contributed by atoms with Gasteiger partial charge in [-0.2, -0.15) is 0 Å². The average molecular weight is 396 g/mol. The molecule has 28 heavy (non-hydrogen) atoms. The molecule has 0 spiro atoms. The number of piperidine rings is 1. The number of fused-ring (bicyclic) bond motifs is 3. The maximum Gasteiger partial charge on any atom is 0.170 e. The van der Waals surface area contributed by atoms with Gasteiger partial charge >= 0.3 is 0 Å². The van der Waals surface area contributed by atoms with Crippen LogP contribution in [0.4, 0.5) is 4.39 Å². The van der Waals surface area contributed by atoms with Crippen molar-refractivity contribution in [3.8, 4) is 10.8 Å². The van der Waals surface area contributed by atoms with Gasteiger partial charge in [-0.3, -0.25) is 4.98 Å². The molecule has 1 aromatic carbocycles. The number of benzene rings is 1. The van der Waals surface area contributed by atoms with Gasteiger partial charge in [-0.15, -0.1) is 11.3 Å². The van der Waals surface area contributed by atoms with Crippen LogP contribution in [0.25, 0.3) is 32.8 Å². The summed E-state index contributed by atoms with van der Waals surface area (Å²) >= 11 is 1.60. The van der Waals surface area contributed by atoms with E-state index in [-0.39, 0.29) is 5.82 Å². The highest BCUT2D eigenvalue weighted by molar-refractivity contribution is 7.13. The van der Waals surface area contributed by atoms with Gasteiger partial charge in [0, 0.05) is 29.6 Å². The molecule has 1 N–H and O–H groups in total. The number of nitrogens with zero attached hydrogens (tertiary/aromatic N) is 4. The molecule has 0 unspecified atom stereocenters. The fraction of sp³-hybridized carbons (Fsp3) is 0.381. The Bertz CT molecular complexity index is 1130. The number of rotatable bonds is 4. The SMILES string of the molecule is Cc1nc2cc(F)ccc2c2c1nc(-c1nccs1)n2CCC1CCNCC1. The largest absolute Gasteiger partial charge is 0.321 e. The second-order valence-corrected chi connectivity index (χ2v) is 8.36. The lowest BCUT2D eigenvalue weighted by molar-refractivity contribution is 0.340. The first-order valence-corrected chi connectivity index (χ1v) is 10.7. The molecule has 1 fully saturated rings. The maximum atomic E-state index is 13.8. The van der Waals surface area contributed by atoms with Crippen molar-refractivity contribution in [2.24, 2.45) is 5.92 Å². The molecular weight excluding hydrogens is 373 g/mol. The highest BCUT2D eigenvalue weighted by Gasteiger charge is 2.21. The summed E-state index contributed by atoms with van der Waals surface area (Å²) in [4.78, 5) is 14.0. The highest BCUT2D eigenvalue weighted by atomic mass is 32.1. The predicted molar refractivity (Wildman–Crippen MR) is 111 cm³/mol. The molecule has 1 saturated heterocycles. The fourth-order valence-electron chi connectivity index (χ4n) is 4.21. The van der Waals surface area contributed by atoms with Crippen molar-refractivity contribution in [2.75, 3.05) is 13.1 Å². The number of aromatic nitrogens is 4. The van der Waals surface area contributed by atoms with Crippen molar-refractivity contribution in [1.82, 2.24) is 24.8 Å². The Hall–Kier alpha value is -2.38. The fourth-order valence-corrected chi connectivity index (χ4v) is 4.84. The van der Waals surface area contributed by atoms with Crippen LogP contribution in [0.5, 0.6) is 0 Å². The molecule has 0 saturated carbocycles. The van der Waals surface area contributed by atoms with Crippen LogP contribution in [-0.2, 0) is 6.54 Å². The molecule has 0 amide bonds. The number of hydrogen-bond donors (Lipinski definition) is 1. The first-order chi connectivity index (χ1) is 13.7. The zero-order chi connectivity index (χ0) is 19.1. The van der Waals surface area contributed by atoms with Crippen LogP contribution >= 0.6 is 11.3 Å². The van der Waals surface area contributed by atoms with E-state index in [1.165, 1.54) is 25.0 Å². The first-order valence-electron chi connectivity index (χ1n) is 9.77. The smallest absolute Gasteiger partial charge is 0.170 e. The van der Waals surface area contributed by atoms with E-state index in [1.54, 1.807) is 11.3 Å². The molecule has 5 nitrogen and oxygen atoms in total. The lowest BCUT2D eigenvalue weighted by Gasteiger charge is -2.23. The Kier molecular flexibility index (Phi) is 4.56. The van der Waals surface area contributed by atoms with Crippen molar-refractivity contribution in [2.45, 2.75) is 32.7 Å². The van der Waals surface area contributed by atoms with Crippen molar-refractivity contribution >= 4 is 33.3 Å². The normalized spacial score (nSPS) is 15.6. The predicted octanol–water partition coefficient (Wildman–Crippen LogP) is 4.55. The van der Waals surface area contributed by atoms with Gasteiger partial charge in [0.25, 0.3) is 0 Å². The number of pyridine rings is 1. The van der Waals surface area contributed by atoms with E-state index in [0.29, 0.717) is 5.52 Å². The van der Waals surface area contributed by atoms with Crippen LogP contribution in [0.1, 0.15) is 25.0 Å². The molecule has 7 heteroatoms. The number of imidazole rings is 1. The molecule has 1 aliphatic rings. The van der Waals surface area contributed by atoms with Crippen molar-refractivity contribution in [1.29, 1.82) is 0 Å². The number of aryl methyl sites for hydroxylation is 2. The summed E-state index contributed by atoms with van der Waals surface area (Å²) in [6.45, 7) is 5.02. The van der Waals surface area contributed by atoms with Gasteiger partial charge in [0.2, 0.25) is 0 Å². The van der Waals surface area contributed by atoms with Gasteiger partial charge in [-0.25, -0.2) is 14.4 Å². The summed E-state index contributed by atoms with van der Waals surface area (Å²) in [6.07, 6.45) is 5.35. The lowest BCUT2D eigenvalue weighted by atomic mass is 9.94. The summed E-state index contributed by atoms with van der Waals surface area (Å²) in [6, 6.07) is 4.84. The third-order valence-electron chi connectivity index (χ3n) is 5.66. The van der Waals surface area contributed by atoms with Crippen LogP contribution < -0.4 is 5.32 Å². The molecule has 5 rings (SSSR count). The molecule has 3 aromatic heterocycles. The second-order valence-electron chi connectivity index (χ2n) is 7.46. The van der Waals surface area contributed by atoms with E-state index in [9.17, 15) is 4.39 Å². The molecule has 144 valence electrons. The van der Waals surface area contributed by atoms with Crippen molar-refractivity contribution in [3.63, 3.8) is 0 Å². The Labute approximate surface area is 166 Å². The zero-order valence-corrected chi connectivity index (χ0v) is 16.6. The van der Waals surface area contributed by atoms with Gasteiger partial charge in [-0.05, 0) is 57.3 Å². The molecule has 0 radical (unpaired) electrons. The third-order valence-corrected chi connectivity index (χ3v) is 6.43. The number of nitrogens with one attached hydrogen (secondary N) is 1. The Morgan fingerprint density at radius 1 is 1.25 bits per heavy atom. The number of halogens is 1. The van der Waals surface area contributed by atoms with Crippen molar-refractivity contribution < 1.29 is 4.39 Å². The van der Waals surface area contributed by atoms with E-state index in [2.05, 4.69) is 19.9 Å². The van der Waals surface area contributed by atoms with E-state index in [0.717, 1.165) is 64.9 Å². The van der Waals surface area contributed by atoms with E-state index in [1.807, 2.05) is 24.6 Å². The topological polar surface area (TPSA) is 55.6 Å². The summed E-state index contributed by atoms with van der Waals surface area (Å²) in [5.41, 5.74) is 3.43. The summed E-state index contributed by atoms with van der Waals surface area (Å²) in [5.74, 6) is 1.34. The van der Waals surface area contributed by atoms with E-state index in [4.69, 9.17) is 4.98 Å². The van der Waals surface area contributed by atoms with Gasteiger partial charge in [0.1, 0.15) is 11.3 Å². The number of hydrogen-bond acceptors (Lipinski definition) is 5. The molecular formula is C21H22FN5S. The molecule has 0 atom stereocenters. The molecule has 0 aliphatic carbocycles. The van der Waals surface area contributed by atoms with Gasteiger partial charge in [-0.1, -0.05) is 0 Å². The second kappa shape index (κ2) is 7.22. The van der Waals surface area contributed by atoms with Gasteiger partial charge in [0.05, 0.1) is 16.7 Å². The van der Waals surface area contributed by atoms with Crippen LogP contribution in [0, 0.1) is 18.7 Å². The monoisotopic (exact) mass is 395 g/mol. The van der Waals surface area contributed by atoms with Crippen molar-refractivity contribution in [3.05, 3.63) is 41.3 Å². The van der Waals surface area contributed by atoms with Crippen LogP contribution in [0.3, 0.4) is 0 Å². The molecule has 1 aliphatic heterocycles. The minimum Gasteiger partial charge on any atom is -0.321 e. The van der Waals surface area contributed by atoms with Gasteiger partial charge in [0.15, 0.2) is 10.8 Å². The Morgan fingerprint density at radius 3 is 2.89 bits per heavy atom. The summed E-state index contributed by atoms with van der Waals surface area (Å²) in [7, 11) is 0. The molecule has 0 bridgehead atoms. The van der Waals surface area contributed by atoms with Crippen LogP contribution in [0.15, 0.2) is 29.8 Å². The molecule has 4 heterocycles. The minimum absolute atomic E-state index is 0.264. The lowest BCUT2D eigenvalue weighted by Crippen LogP contribution is -2.28. The minimum atomic E-state index is -0.264. The summed E-state index contributed by atoms with van der Waals surface area (Å²) < 4.78 is 16.1. The van der Waals surface area contributed by atoms with E-state index >= 15 is 0 Å².